The van der Waals surface area contributed by atoms with Crippen molar-refractivity contribution in [3.05, 3.63) is 105 Å². The van der Waals surface area contributed by atoms with Gasteiger partial charge in [-0.15, -0.1) is 0 Å². The maximum absolute atomic E-state index is 13.8. The van der Waals surface area contributed by atoms with Crippen molar-refractivity contribution in [3.63, 3.8) is 0 Å². The maximum Gasteiger partial charge on any atom is 0.193 e. The van der Waals surface area contributed by atoms with Crippen LogP contribution in [0.1, 0.15) is 81.8 Å². The van der Waals surface area contributed by atoms with Crippen molar-refractivity contribution in [1.29, 1.82) is 0 Å². The normalized spacial score (nSPS) is 15.2. The quantitative estimate of drug-likeness (QED) is 0.0677. The van der Waals surface area contributed by atoms with Crippen LogP contribution < -0.4 is 9.47 Å². The Labute approximate surface area is 303 Å². The predicted molar refractivity (Wildman–Crippen MR) is 196 cm³/mol. The van der Waals surface area contributed by atoms with E-state index in [1.54, 1.807) is 39.8 Å². The molecule has 4 aromatic rings. The zero-order chi connectivity index (χ0) is 38.6. The molecule has 6 rings (SSSR count). The molecule has 0 aliphatic carbocycles. The fourth-order valence-electron chi connectivity index (χ4n) is 6.05. The van der Waals surface area contributed by atoms with Gasteiger partial charge in [0.05, 0.1) is 11.1 Å². The van der Waals surface area contributed by atoms with E-state index in [-0.39, 0.29) is 79.0 Å². The molecule has 2 aliphatic rings. The van der Waals surface area contributed by atoms with E-state index in [4.69, 9.17) is 9.47 Å². The van der Waals surface area contributed by atoms with Gasteiger partial charge in [-0.05, 0) is 101 Å². The molecular weight excluding hydrogens is 684 g/mol. The number of ether oxygens (including phenoxy) is 2. The van der Waals surface area contributed by atoms with Crippen LogP contribution in [0, 0.1) is 0 Å². The van der Waals surface area contributed by atoms with Crippen LogP contribution in [0.2, 0.25) is 0 Å². The number of carbonyl (C=O) groups excluding carboxylic acids is 2. The number of phenols is 8. The molecular formula is C41H36O12. The summed E-state index contributed by atoms with van der Waals surface area (Å²) in [7, 11) is 0. The minimum absolute atomic E-state index is 0.0243. The van der Waals surface area contributed by atoms with E-state index in [0.29, 0.717) is 0 Å². The number of hydrogen-bond acceptors (Lipinski definition) is 12. The fraction of sp³-hybridized carbons (Fsp3) is 0.171. The van der Waals surface area contributed by atoms with Gasteiger partial charge >= 0.3 is 0 Å². The molecule has 12 nitrogen and oxygen atoms in total. The molecule has 0 saturated carbocycles. The first-order valence-electron chi connectivity index (χ1n) is 16.3. The molecule has 2 heterocycles. The lowest BCUT2D eigenvalue weighted by Crippen LogP contribution is -2.29. The van der Waals surface area contributed by atoms with Gasteiger partial charge in [0.1, 0.15) is 79.8 Å². The molecule has 0 spiro atoms. The van der Waals surface area contributed by atoms with Crippen LogP contribution in [0.4, 0.5) is 0 Å². The Kier molecular flexibility index (Phi) is 8.87. The molecule has 272 valence electrons. The molecule has 0 fully saturated rings. The Morgan fingerprint density at radius 3 is 1.32 bits per heavy atom. The van der Waals surface area contributed by atoms with Crippen molar-refractivity contribution in [2.75, 3.05) is 0 Å². The largest absolute Gasteiger partial charge is 0.508 e. The van der Waals surface area contributed by atoms with Crippen LogP contribution in [0.25, 0.3) is 24.3 Å². The van der Waals surface area contributed by atoms with E-state index in [2.05, 4.69) is 0 Å². The molecule has 12 heteroatoms. The Morgan fingerprint density at radius 2 is 0.962 bits per heavy atom. The predicted octanol–water partition coefficient (Wildman–Crippen LogP) is 7.08. The van der Waals surface area contributed by atoms with E-state index in [1.807, 2.05) is 0 Å². The molecule has 0 saturated heterocycles. The molecule has 0 radical (unpaired) electrons. The molecule has 0 atom stereocenters. The average molecular weight is 721 g/mol. The van der Waals surface area contributed by atoms with E-state index >= 15 is 0 Å². The summed E-state index contributed by atoms with van der Waals surface area (Å²) in [4.78, 5) is 27.6. The molecule has 2 aliphatic heterocycles. The number of allylic oxidation sites excluding steroid dienone is 2. The van der Waals surface area contributed by atoms with Gasteiger partial charge < -0.3 is 50.3 Å². The number of benzene rings is 4. The monoisotopic (exact) mass is 720 g/mol. The van der Waals surface area contributed by atoms with Crippen LogP contribution in [-0.4, -0.2) is 63.6 Å². The zero-order valence-corrected chi connectivity index (χ0v) is 29.0. The lowest BCUT2D eigenvalue weighted by atomic mass is 9.87. The molecule has 4 aromatic carbocycles. The van der Waals surface area contributed by atoms with Gasteiger partial charge in [-0.2, -0.15) is 0 Å². The lowest BCUT2D eigenvalue weighted by Gasteiger charge is -2.31. The second-order valence-electron chi connectivity index (χ2n) is 13.7. The second-order valence-corrected chi connectivity index (χ2v) is 13.7. The second kappa shape index (κ2) is 13.1. The summed E-state index contributed by atoms with van der Waals surface area (Å²) in [5, 5.41) is 86.3. The summed E-state index contributed by atoms with van der Waals surface area (Å²) in [5.74, 6) is -5.42. The Hall–Kier alpha value is -6.82. The third-order valence-electron chi connectivity index (χ3n) is 8.81. The van der Waals surface area contributed by atoms with Gasteiger partial charge in [-0.1, -0.05) is 0 Å². The van der Waals surface area contributed by atoms with Gasteiger partial charge in [0, 0.05) is 40.8 Å². The smallest absolute Gasteiger partial charge is 0.193 e. The van der Waals surface area contributed by atoms with Crippen molar-refractivity contribution in [2.24, 2.45) is 0 Å². The van der Waals surface area contributed by atoms with Crippen LogP contribution in [0.5, 0.6) is 57.5 Å². The third-order valence-corrected chi connectivity index (χ3v) is 8.81. The first kappa shape index (κ1) is 36.0. The first-order valence-corrected chi connectivity index (χ1v) is 16.3. The number of ketones is 2. The van der Waals surface area contributed by atoms with Gasteiger partial charge in [0.15, 0.2) is 11.6 Å². The molecule has 0 aromatic heterocycles. The molecule has 8 N–H and O–H groups in total. The standard InChI is InChI=1S/C41H36O12/c1-40(2)15-13-24-34(48)26(36(50)32(38(24)52-40)28(44)11-7-20-5-9-22(42)17-30(20)46)19-27-35(49)25-14-16-41(3,4)53-39(25)33(37(27)51)29(45)12-8-21-6-10-23(43)18-31(21)47/h5-18,42-43,46-51H,19H2,1-4H3/b11-7+,12-8+. The molecule has 0 bridgehead atoms. The summed E-state index contributed by atoms with van der Waals surface area (Å²) in [6.45, 7) is 6.79. The first-order chi connectivity index (χ1) is 24.9. The van der Waals surface area contributed by atoms with E-state index < -0.39 is 52.2 Å². The summed E-state index contributed by atoms with van der Waals surface area (Å²) in [6.07, 6.45) is 10.3. The highest BCUT2D eigenvalue weighted by molar-refractivity contribution is 6.13. The van der Waals surface area contributed by atoms with Crippen molar-refractivity contribution in [2.45, 2.75) is 45.3 Å². The average Bonchev–Trinajstić information content (AvgIpc) is 3.06. The Balaban J connectivity index is 1.51. The number of carbonyl (C=O) groups is 2. The summed E-state index contributed by atoms with van der Waals surface area (Å²) >= 11 is 0. The van der Waals surface area contributed by atoms with E-state index in [0.717, 1.165) is 24.3 Å². The zero-order valence-electron chi connectivity index (χ0n) is 29.0. The summed E-state index contributed by atoms with van der Waals surface area (Å²) < 4.78 is 12.1. The highest BCUT2D eigenvalue weighted by Gasteiger charge is 2.36. The van der Waals surface area contributed by atoms with Crippen LogP contribution in [-0.2, 0) is 6.42 Å². The fourth-order valence-corrected chi connectivity index (χ4v) is 6.05. The van der Waals surface area contributed by atoms with Crippen molar-refractivity contribution in [1.82, 2.24) is 0 Å². The van der Waals surface area contributed by atoms with Crippen molar-refractivity contribution in [3.8, 4) is 57.5 Å². The Bertz CT molecular complexity index is 2180. The molecule has 53 heavy (non-hydrogen) atoms. The SMILES string of the molecule is CC1(C)C=Cc2c(O)c(Cc3c(O)c4c(c(C(=O)/C=C/c5ccc(O)cc5O)c3O)OC(C)(C)C=C4)c(O)c(C(=O)/C=C/c3ccc(O)cc3O)c2O1. The summed E-state index contributed by atoms with van der Waals surface area (Å²) in [5.41, 5.74) is -2.84. The van der Waals surface area contributed by atoms with Gasteiger partial charge in [0.25, 0.3) is 0 Å². The molecule has 0 unspecified atom stereocenters. The van der Waals surface area contributed by atoms with Crippen LogP contribution in [0.15, 0.2) is 60.7 Å². The Morgan fingerprint density at radius 1 is 0.585 bits per heavy atom. The minimum atomic E-state index is -0.962. The van der Waals surface area contributed by atoms with E-state index in [1.165, 1.54) is 48.6 Å². The maximum atomic E-state index is 13.8. The number of rotatable bonds is 8. The topological polar surface area (TPSA) is 214 Å². The number of hydrogen-bond donors (Lipinski definition) is 8. The lowest BCUT2D eigenvalue weighted by molar-refractivity contribution is 0.102. The van der Waals surface area contributed by atoms with Crippen molar-refractivity contribution < 1.29 is 59.9 Å². The number of fused-ring (bicyclic) bond motifs is 2. The molecule has 0 amide bonds. The van der Waals surface area contributed by atoms with Crippen LogP contribution >= 0.6 is 0 Å². The highest BCUT2D eigenvalue weighted by atomic mass is 16.5. The van der Waals surface area contributed by atoms with E-state index in [9.17, 15) is 50.4 Å². The third kappa shape index (κ3) is 6.81. The van der Waals surface area contributed by atoms with Gasteiger partial charge in [-0.3, -0.25) is 9.59 Å². The van der Waals surface area contributed by atoms with Gasteiger partial charge in [0.2, 0.25) is 0 Å². The number of aromatic hydroxyl groups is 8. The highest BCUT2D eigenvalue weighted by Crippen LogP contribution is 2.52. The number of phenolic OH excluding ortho intramolecular Hbond substituents is 8. The van der Waals surface area contributed by atoms with Crippen LogP contribution in [0.3, 0.4) is 0 Å². The summed E-state index contributed by atoms with van der Waals surface area (Å²) in [6, 6.07) is 7.53. The van der Waals surface area contributed by atoms with Gasteiger partial charge in [-0.25, -0.2) is 0 Å². The minimum Gasteiger partial charge on any atom is -0.508 e. The van der Waals surface area contributed by atoms with Crippen molar-refractivity contribution >= 4 is 35.9 Å².